The van der Waals surface area contributed by atoms with Crippen LogP contribution in [0.1, 0.15) is 30.4 Å². The Labute approximate surface area is 187 Å². The molecule has 1 unspecified atom stereocenters. The number of hydroxylamine groups is 1. The van der Waals surface area contributed by atoms with Crippen LogP contribution in [0.3, 0.4) is 0 Å². The van der Waals surface area contributed by atoms with Crippen LogP contribution < -0.4 is 14.9 Å². The smallest absolute Gasteiger partial charge is 0.262 e. The summed E-state index contributed by atoms with van der Waals surface area (Å²) in [4.78, 5) is 13.9. The summed E-state index contributed by atoms with van der Waals surface area (Å²) in [7, 11) is -3.70. The molecule has 1 aliphatic heterocycles. The van der Waals surface area contributed by atoms with Crippen molar-refractivity contribution in [2.75, 3.05) is 19.6 Å². The molecule has 0 spiro atoms. The summed E-state index contributed by atoms with van der Waals surface area (Å²) >= 11 is 0. The number of piperidine rings is 1. The van der Waals surface area contributed by atoms with Crippen molar-refractivity contribution in [2.24, 2.45) is 0 Å². The van der Waals surface area contributed by atoms with E-state index in [9.17, 15) is 17.6 Å². The number of hydrogen-bond acceptors (Lipinski definition) is 6. The fourth-order valence-electron chi connectivity index (χ4n) is 3.60. The molecule has 0 saturated carbocycles. The van der Waals surface area contributed by atoms with Gasteiger partial charge in [-0.3, -0.25) is 14.9 Å². The van der Waals surface area contributed by atoms with Gasteiger partial charge in [0.15, 0.2) is 0 Å². The summed E-state index contributed by atoms with van der Waals surface area (Å²) in [6, 6.07) is 11.9. The highest BCUT2D eigenvalue weighted by atomic mass is 32.2. The normalized spacial score (nSPS) is 15.8. The van der Waals surface area contributed by atoms with Crippen molar-refractivity contribution in [3.63, 3.8) is 0 Å². The van der Waals surface area contributed by atoms with Gasteiger partial charge in [-0.25, -0.2) is 23.0 Å². The third-order valence-corrected chi connectivity index (χ3v) is 6.66. The first-order valence-corrected chi connectivity index (χ1v) is 12.1. The van der Waals surface area contributed by atoms with E-state index in [0.29, 0.717) is 24.4 Å². The lowest BCUT2D eigenvalue weighted by Gasteiger charge is -2.33. The summed E-state index contributed by atoms with van der Waals surface area (Å²) < 4.78 is 46.1. The Morgan fingerprint density at radius 2 is 1.66 bits per heavy atom. The van der Waals surface area contributed by atoms with E-state index in [2.05, 4.69) is 4.72 Å². The monoisotopic (exact) mass is 465 g/mol. The van der Waals surface area contributed by atoms with Crippen molar-refractivity contribution < 1.29 is 27.5 Å². The van der Waals surface area contributed by atoms with E-state index in [4.69, 9.17) is 9.94 Å². The Bertz CT molecular complexity index is 978. The lowest BCUT2D eigenvalue weighted by molar-refractivity contribution is -0.135. The quantitative estimate of drug-likeness (QED) is 0.367. The predicted molar refractivity (Wildman–Crippen MR) is 117 cm³/mol. The van der Waals surface area contributed by atoms with Crippen LogP contribution in [-0.4, -0.2) is 50.1 Å². The van der Waals surface area contributed by atoms with E-state index in [1.807, 2.05) is 4.90 Å². The Morgan fingerprint density at radius 3 is 2.28 bits per heavy atom. The number of carbonyl (C=O) groups is 1. The molecule has 0 radical (unpaired) electrons. The van der Waals surface area contributed by atoms with Gasteiger partial charge in [0.2, 0.25) is 10.0 Å². The minimum atomic E-state index is -3.70. The Hall–Kier alpha value is -2.53. The molecule has 1 saturated heterocycles. The summed E-state index contributed by atoms with van der Waals surface area (Å²) in [6.07, 6.45) is 2.92. The second-order valence-electron chi connectivity index (χ2n) is 7.76. The molecule has 174 valence electrons. The molecule has 32 heavy (non-hydrogen) atoms. The Morgan fingerprint density at radius 1 is 1.03 bits per heavy atom. The van der Waals surface area contributed by atoms with Gasteiger partial charge in [-0.2, -0.15) is 0 Å². The van der Waals surface area contributed by atoms with Crippen molar-refractivity contribution >= 4 is 15.9 Å². The Balaban J connectivity index is 1.53. The summed E-state index contributed by atoms with van der Waals surface area (Å²) in [6.45, 7) is 1.51. The highest BCUT2D eigenvalue weighted by molar-refractivity contribution is 7.88. The number of sulfonamides is 1. The molecule has 1 aliphatic rings. The fraction of sp³-hybridized carbons (Fsp3) is 0.409. The maximum atomic E-state index is 13.0. The van der Waals surface area contributed by atoms with Crippen LogP contribution in [-0.2, 0) is 27.2 Å². The number of hydrogen-bond donors (Lipinski definition) is 3. The third kappa shape index (κ3) is 7.27. The molecular formula is C22H28FN3O5S. The highest BCUT2D eigenvalue weighted by Gasteiger charge is 2.28. The van der Waals surface area contributed by atoms with Crippen molar-refractivity contribution in [3.8, 4) is 5.75 Å². The SMILES string of the molecule is O=C(NO)C(CNS(=O)(=O)Cc1ccc(OCc2ccc(F)cc2)cc1)N1CCCCC1. The molecule has 0 aromatic heterocycles. The van der Waals surface area contributed by atoms with Crippen LogP contribution in [0.2, 0.25) is 0 Å². The molecule has 0 aliphatic carbocycles. The molecule has 3 rings (SSSR count). The first-order chi connectivity index (χ1) is 15.4. The highest BCUT2D eigenvalue weighted by Crippen LogP contribution is 2.17. The zero-order valence-corrected chi connectivity index (χ0v) is 18.5. The average Bonchev–Trinajstić information content (AvgIpc) is 2.80. The number of ether oxygens (including phenoxy) is 1. The number of rotatable bonds is 10. The van der Waals surface area contributed by atoms with Crippen LogP contribution in [0.15, 0.2) is 48.5 Å². The van der Waals surface area contributed by atoms with Crippen LogP contribution in [0.25, 0.3) is 0 Å². The minimum absolute atomic E-state index is 0.117. The number of halogens is 1. The summed E-state index contributed by atoms with van der Waals surface area (Å²) in [5, 5.41) is 9.02. The number of nitrogens with zero attached hydrogens (tertiary/aromatic N) is 1. The molecule has 1 heterocycles. The van der Waals surface area contributed by atoms with Gasteiger partial charge in [0.05, 0.1) is 5.75 Å². The van der Waals surface area contributed by atoms with E-state index in [1.54, 1.807) is 41.9 Å². The van der Waals surface area contributed by atoms with E-state index < -0.39 is 22.0 Å². The number of amides is 1. The van der Waals surface area contributed by atoms with Crippen LogP contribution >= 0.6 is 0 Å². The van der Waals surface area contributed by atoms with Crippen molar-refractivity contribution in [2.45, 2.75) is 37.7 Å². The number of nitrogens with one attached hydrogen (secondary N) is 2. The molecule has 1 atom stereocenters. The average molecular weight is 466 g/mol. The third-order valence-electron chi connectivity index (χ3n) is 5.34. The van der Waals surface area contributed by atoms with Crippen molar-refractivity contribution in [3.05, 3.63) is 65.5 Å². The van der Waals surface area contributed by atoms with Gasteiger partial charge in [0.1, 0.15) is 24.2 Å². The molecule has 3 N–H and O–H groups in total. The first kappa shape index (κ1) is 24.1. The van der Waals surface area contributed by atoms with E-state index in [0.717, 1.165) is 24.8 Å². The van der Waals surface area contributed by atoms with Gasteiger partial charge in [0, 0.05) is 6.54 Å². The van der Waals surface area contributed by atoms with Gasteiger partial charge in [-0.1, -0.05) is 30.7 Å². The van der Waals surface area contributed by atoms with Gasteiger partial charge in [0.25, 0.3) is 5.91 Å². The summed E-state index contributed by atoms with van der Waals surface area (Å²) in [5.41, 5.74) is 3.01. The van der Waals surface area contributed by atoms with Crippen molar-refractivity contribution in [1.29, 1.82) is 0 Å². The van der Waals surface area contributed by atoms with Crippen molar-refractivity contribution in [1.82, 2.24) is 15.1 Å². The van der Waals surface area contributed by atoms with E-state index in [1.165, 1.54) is 12.1 Å². The molecular weight excluding hydrogens is 437 g/mol. The summed E-state index contributed by atoms with van der Waals surface area (Å²) in [5.74, 6) is -0.628. The second kappa shape index (κ2) is 11.4. The minimum Gasteiger partial charge on any atom is -0.489 e. The molecule has 2 aromatic rings. The lowest BCUT2D eigenvalue weighted by Crippen LogP contribution is -2.53. The van der Waals surface area contributed by atoms with Gasteiger partial charge in [-0.15, -0.1) is 0 Å². The Kier molecular flexibility index (Phi) is 8.57. The zero-order chi connectivity index (χ0) is 23.0. The van der Waals surface area contributed by atoms with Gasteiger partial charge in [-0.05, 0) is 61.3 Å². The number of likely N-dealkylation sites (tertiary alicyclic amines) is 1. The molecule has 8 nitrogen and oxygen atoms in total. The number of carbonyl (C=O) groups excluding carboxylic acids is 1. The van der Waals surface area contributed by atoms with Gasteiger partial charge < -0.3 is 4.74 Å². The van der Waals surface area contributed by atoms with E-state index >= 15 is 0 Å². The second-order valence-corrected chi connectivity index (χ2v) is 9.56. The lowest BCUT2D eigenvalue weighted by atomic mass is 10.1. The molecule has 1 fully saturated rings. The molecule has 2 aromatic carbocycles. The largest absolute Gasteiger partial charge is 0.489 e. The molecule has 1 amide bonds. The van der Waals surface area contributed by atoms with Crippen LogP contribution in [0.4, 0.5) is 4.39 Å². The maximum Gasteiger partial charge on any atom is 0.262 e. The topological polar surface area (TPSA) is 108 Å². The fourth-order valence-corrected chi connectivity index (χ4v) is 4.74. The van der Waals surface area contributed by atoms with Crippen LogP contribution in [0.5, 0.6) is 5.75 Å². The molecule has 0 bridgehead atoms. The van der Waals surface area contributed by atoms with E-state index in [-0.39, 0.29) is 24.7 Å². The van der Waals surface area contributed by atoms with Gasteiger partial charge >= 0.3 is 0 Å². The first-order valence-electron chi connectivity index (χ1n) is 10.5. The molecule has 10 heteroatoms. The number of benzene rings is 2. The standard InChI is InChI=1S/C22H28FN3O5S/c23-19-8-4-17(5-9-19)15-31-20-10-6-18(7-11-20)16-32(29,30)24-14-21(22(27)25-28)26-12-2-1-3-13-26/h4-11,21,24,28H,1-3,12-16H2,(H,25,27). The predicted octanol–water partition coefficient (Wildman–Crippen LogP) is 2.18. The van der Waals surface area contributed by atoms with Crippen LogP contribution in [0, 0.1) is 5.82 Å². The maximum absolute atomic E-state index is 13.0. The zero-order valence-electron chi connectivity index (χ0n) is 17.7.